The summed E-state index contributed by atoms with van der Waals surface area (Å²) in [6, 6.07) is 14.6. The Morgan fingerprint density at radius 2 is 1.78 bits per heavy atom. The molecule has 1 atom stereocenters. The number of nitrogens with one attached hydrogen (secondary N) is 3. The van der Waals surface area contributed by atoms with Crippen molar-refractivity contribution in [3.05, 3.63) is 72.0 Å². The van der Waals surface area contributed by atoms with Crippen molar-refractivity contribution in [3.8, 4) is 0 Å². The number of hydrogen-bond donors (Lipinski definition) is 3. The summed E-state index contributed by atoms with van der Waals surface area (Å²) in [4.78, 5) is 24.4. The predicted molar refractivity (Wildman–Crippen MR) is 117 cm³/mol. The van der Waals surface area contributed by atoms with Crippen LogP contribution in [0, 0.1) is 6.92 Å². The maximum atomic E-state index is 12.4. The summed E-state index contributed by atoms with van der Waals surface area (Å²) >= 11 is 0. The van der Waals surface area contributed by atoms with Crippen LogP contribution >= 0.6 is 0 Å². The van der Waals surface area contributed by atoms with Gasteiger partial charge in [0, 0.05) is 18.2 Å². The van der Waals surface area contributed by atoms with Crippen molar-refractivity contribution in [1.29, 1.82) is 0 Å². The van der Waals surface area contributed by atoms with Crippen molar-refractivity contribution < 1.29 is 27.3 Å². The number of sulfonamides is 1. The Hall–Kier alpha value is -3.86. The van der Waals surface area contributed by atoms with E-state index in [1.807, 2.05) is 30.3 Å². The number of aromatic nitrogens is 1. The zero-order chi connectivity index (χ0) is 23.1. The van der Waals surface area contributed by atoms with Crippen LogP contribution in [0.4, 0.5) is 16.3 Å². The zero-order valence-corrected chi connectivity index (χ0v) is 18.2. The normalized spacial score (nSPS) is 11.9. The Balaban J connectivity index is 1.63. The Morgan fingerprint density at radius 1 is 1.09 bits per heavy atom. The van der Waals surface area contributed by atoms with Gasteiger partial charge in [0.15, 0.2) is 5.82 Å². The van der Waals surface area contributed by atoms with Gasteiger partial charge >= 0.3 is 12.0 Å². The third-order valence-electron chi connectivity index (χ3n) is 4.36. The van der Waals surface area contributed by atoms with Gasteiger partial charge in [0.25, 0.3) is 10.0 Å². The number of benzene rings is 2. The molecule has 0 aliphatic rings. The molecule has 0 saturated heterocycles. The lowest BCUT2D eigenvalue weighted by molar-refractivity contribution is -0.142. The number of carbonyl (C=O) groups is 2. The molecule has 32 heavy (non-hydrogen) atoms. The minimum Gasteiger partial charge on any atom is -0.467 e. The summed E-state index contributed by atoms with van der Waals surface area (Å²) in [7, 11) is -2.63. The van der Waals surface area contributed by atoms with E-state index in [0.29, 0.717) is 11.4 Å². The number of ether oxygens (including phenoxy) is 1. The molecule has 0 radical (unpaired) electrons. The van der Waals surface area contributed by atoms with E-state index in [4.69, 9.17) is 9.26 Å². The number of amides is 2. The topological polar surface area (TPSA) is 140 Å². The molecule has 3 aromatic rings. The average molecular weight is 458 g/mol. The van der Waals surface area contributed by atoms with Crippen molar-refractivity contribution in [2.45, 2.75) is 24.3 Å². The number of aryl methyl sites for hydroxylation is 1. The van der Waals surface area contributed by atoms with Crippen molar-refractivity contribution in [2.24, 2.45) is 0 Å². The molecular formula is C21H22N4O6S. The van der Waals surface area contributed by atoms with Gasteiger partial charge in [-0.1, -0.05) is 35.5 Å². The van der Waals surface area contributed by atoms with Gasteiger partial charge in [0.05, 0.1) is 12.0 Å². The van der Waals surface area contributed by atoms with Gasteiger partial charge in [-0.2, -0.15) is 0 Å². The first-order valence-electron chi connectivity index (χ1n) is 9.52. The smallest absolute Gasteiger partial charge is 0.328 e. The number of carbonyl (C=O) groups excluding carboxylic acids is 2. The van der Waals surface area contributed by atoms with E-state index in [9.17, 15) is 18.0 Å². The summed E-state index contributed by atoms with van der Waals surface area (Å²) in [5.41, 5.74) is 1.19. The van der Waals surface area contributed by atoms with Crippen LogP contribution in [0.2, 0.25) is 0 Å². The first kappa shape index (κ1) is 22.8. The lowest BCUT2D eigenvalue weighted by Crippen LogP contribution is -2.45. The van der Waals surface area contributed by atoms with Crippen LogP contribution in [-0.4, -0.2) is 38.7 Å². The maximum absolute atomic E-state index is 12.4. The highest BCUT2D eigenvalue weighted by Gasteiger charge is 2.22. The second-order valence-corrected chi connectivity index (χ2v) is 8.50. The first-order valence-corrected chi connectivity index (χ1v) is 11.0. The molecule has 0 fully saturated rings. The molecule has 3 N–H and O–H groups in total. The van der Waals surface area contributed by atoms with Crippen LogP contribution in [0.5, 0.6) is 0 Å². The third-order valence-corrected chi connectivity index (χ3v) is 5.73. The molecule has 0 saturated carbocycles. The van der Waals surface area contributed by atoms with Crippen LogP contribution in [-0.2, 0) is 26.0 Å². The molecule has 3 rings (SSSR count). The number of esters is 1. The quantitative estimate of drug-likeness (QED) is 0.441. The van der Waals surface area contributed by atoms with Crippen LogP contribution < -0.4 is 15.4 Å². The molecule has 1 aromatic heterocycles. The van der Waals surface area contributed by atoms with E-state index < -0.39 is 28.1 Å². The van der Waals surface area contributed by atoms with Crippen LogP contribution in [0.1, 0.15) is 11.3 Å². The number of rotatable bonds is 8. The highest BCUT2D eigenvalue weighted by molar-refractivity contribution is 7.92. The molecule has 2 aromatic carbocycles. The number of methoxy groups -OCH3 is 1. The molecular weight excluding hydrogens is 436 g/mol. The number of anilines is 2. The highest BCUT2D eigenvalue weighted by atomic mass is 32.2. The summed E-state index contributed by atoms with van der Waals surface area (Å²) in [6.45, 7) is 1.64. The predicted octanol–water partition coefficient (Wildman–Crippen LogP) is 2.69. The molecule has 0 aliphatic heterocycles. The molecule has 168 valence electrons. The van der Waals surface area contributed by atoms with Gasteiger partial charge in [-0.25, -0.2) is 18.0 Å². The summed E-state index contributed by atoms with van der Waals surface area (Å²) in [5.74, 6) is -0.0539. The van der Waals surface area contributed by atoms with Gasteiger partial charge < -0.3 is 19.9 Å². The van der Waals surface area contributed by atoms with Crippen molar-refractivity contribution in [3.63, 3.8) is 0 Å². The molecule has 0 aliphatic carbocycles. The van der Waals surface area contributed by atoms with Gasteiger partial charge in [0.1, 0.15) is 11.8 Å². The lowest BCUT2D eigenvalue weighted by Gasteiger charge is -2.17. The van der Waals surface area contributed by atoms with Gasteiger partial charge in [0.2, 0.25) is 0 Å². The average Bonchev–Trinajstić information content (AvgIpc) is 3.17. The fraction of sp³-hybridized carbons (Fsp3) is 0.190. The van der Waals surface area contributed by atoms with E-state index in [1.165, 1.54) is 37.4 Å². The zero-order valence-electron chi connectivity index (χ0n) is 17.4. The van der Waals surface area contributed by atoms with E-state index in [1.54, 1.807) is 6.92 Å². The lowest BCUT2D eigenvalue weighted by atomic mass is 10.1. The van der Waals surface area contributed by atoms with Gasteiger partial charge in [-0.15, -0.1) is 0 Å². The number of hydrogen-bond acceptors (Lipinski definition) is 7. The largest absolute Gasteiger partial charge is 0.467 e. The van der Waals surface area contributed by atoms with E-state index in [-0.39, 0.29) is 17.1 Å². The monoisotopic (exact) mass is 458 g/mol. The van der Waals surface area contributed by atoms with Crippen molar-refractivity contribution >= 4 is 33.5 Å². The Bertz CT molecular complexity index is 1180. The number of urea groups is 1. The van der Waals surface area contributed by atoms with Crippen molar-refractivity contribution in [1.82, 2.24) is 10.5 Å². The standard InChI is InChI=1S/C21H22N4O6S/c1-14-12-19(24-31-14)25-32(28,29)17-10-8-16(9-11-17)22-21(27)23-18(20(26)30-2)13-15-6-4-3-5-7-15/h3-12,18H,13H2,1-2H3,(H,24,25)(H2,22,23,27). The highest BCUT2D eigenvalue weighted by Crippen LogP contribution is 2.18. The fourth-order valence-electron chi connectivity index (χ4n) is 2.84. The minimum atomic E-state index is -3.88. The summed E-state index contributed by atoms with van der Waals surface area (Å²) < 4.78 is 36.8. The van der Waals surface area contributed by atoms with Crippen LogP contribution in [0.3, 0.4) is 0 Å². The van der Waals surface area contributed by atoms with E-state index in [0.717, 1.165) is 5.56 Å². The van der Waals surface area contributed by atoms with Gasteiger partial charge in [-0.05, 0) is 36.8 Å². The minimum absolute atomic E-state index is 0.0272. The molecule has 0 bridgehead atoms. The van der Waals surface area contributed by atoms with Crippen LogP contribution in [0.25, 0.3) is 0 Å². The van der Waals surface area contributed by atoms with E-state index >= 15 is 0 Å². The Labute approximate surface area is 185 Å². The second kappa shape index (κ2) is 9.96. The summed E-state index contributed by atoms with van der Waals surface area (Å²) in [5, 5.41) is 8.73. The molecule has 10 nitrogen and oxygen atoms in total. The Kier molecular flexibility index (Phi) is 7.11. The first-order chi connectivity index (χ1) is 15.3. The van der Waals surface area contributed by atoms with Gasteiger partial charge in [-0.3, -0.25) is 4.72 Å². The summed E-state index contributed by atoms with van der Waals surface area (Å²) in [6.07, 6.45) is 0.255. The molecule has 0 spiro atoms. The fourth-order valence-corrected chi connectivity index (χ4v) is 3.82. The molecule has 11 heteroatoms. The maximum Gasteiger partial charge on any atom is 0.328 e. The molecule has 1 unspecified atom stereocenters. The van der Waals surface area contributed by atoms with Crippen molar-refractivity contribution in [2.75, 3.05) is 17.1 Å². The van der Waals surface area contributed by atoms with Crippen LogP contribution in [0.15, 0.2) is 70.1 Å². The molecule has 2 amide bonds. The molecule has 1 heterocycles. The Morgan fingerprint density at radius 3 is 2.38 bits per heavy atom. The number of nitrogens with zero attached hydrogens (tertiary/aromatic N) is 1. The third kappa shape index (κ3) is 6.08. The second-order valence-electron chi connectivity index (χ2n) is 6.82. The van der Waals surface area contributed by atoms with E-state index in [2.05, 4.69) is 20.5 Å². The SMILES string of the molecule is COC(=O)C(Cc1ccccc1)NC(=O)Nc1ccc(S(=O)(=O)Nc2cc(C)on2)cc1.